The molecule has 3 fully saturated rings. The molecule has 0 aromatic rings. The van der Waals surface area contributed by atoms with Crippen LogP contribution in [0.3, 0.4) is 0 Å². The molecule has 4 aliphatic rings. The highest BCUT2D eigenvalue weighted by Gasteiger charge is 2.54. The Kier molecular flexibility index (Phi) is 2.74. The van der Waals surface area contributed by atoms with Gasteiger partial charge in [-0.15, -0.1) is 0 Å². The van der Waals surface area contributed by atoms with Crippen molar-refractivity contribution in [3.63, 3.8) is 0 Å². The summed E-state index contributed by atoms with van der Waals surface area (Å²) in [6.45, 7) is 2.46. The Balaban J connectivity index is 1.68. The maximum Gasteiger partial charge on any atom is 0.136 e. The van der Waals surface area contributed by atoms with Crippen molar-refractivity contribution in [1.29, 1.82) is 5.41 Å². The van der Waals surface area contributed by atoms with Gasteiger partial charge in [0.25, 0.3) is 0 Å². The summed E-state index contributed by atoms with van der Waals surface area (Å²) >= 11 is 0. The second-order valence-corrected chi connectivity index (χ2v) is 7.77. The van der Waals surface area contributed by atoms with Gasteiger partial charge in [0.2, 0.25) is 0 Å². The highest BCUT2D eigenvalue weighted by Crippen LogP contribution is 2.61. The highest BCUT2D eigenvalue weighted by molar-refractivity contribution is 5.94. The van der Waals surface area contributed by atoms with Crippen LogP contribution in [0.2, 0.25) is 0 Å². The first-order valence-corrected chi connectivity index (χ1v) is 8.41. The molecule has 0 saturated heterocycles. The van der Waals surface area contributed by atoms with Gasteiger partial charge in [0.15, 0.2) is 0 Å². The van der Waals surface area contributed by atoms with Crippen molar-refractivity contribution >= 4 is 11.5 Å². The molecule has 2 heteroatoms. The minimum atomic E-state index is 0.337. The second-order valence-electron chi connectivity index (χ2n) is 7.77. The van der Waals surface area contributed by atoms with Crippen LogP contribution in [0.4, 0.5) is 0 Å². The first-order chi connectivity index (χ1) is 9.59. The van der Waals surface area contributed by atoms with E-state index in [1.807, 2.05) is 0 Å². The molecule has 0 aromatic carbocycles. The number of carbonyl (C=O) groups excluding carboxylic acids is 1. The molecular formula is C18H25NO. The standard InChI is InChI=1S/C18H25NO/c1-18-9-8-12(19)10-11(18)2-3-14-13-5-7-17(20)15(13)4-6-16(14)18/h10,13-16,19H,2-9H2,1H3. The number of allylic oxidation sites excluding steroid dienone is 2. The molecule has 0 spiro atoms. The summed E-state index contributed by atoms with van der Waals surface area (Å²) in [4.78, 5) is 12.0. The monoisotopic (exact) mass is 271 g/mol. The Bertz CT molecular complexity index is 506. The van der Waals surface area contributed by atoms with Gasteiger partial charge in [0.1, 0.15) is 5.78 Å². The van der Waals surface area contributed by atoms with Crippen molar-refractivity contribution in [2.75, 3.05) is 0 Å². The van der Waals surface area contributed by atoms with Crippen molar-refractivity contribution in [3.05, 3.63) is 11.6 Å². The van der Waals surface area contributed by atoms with E-state index in [-0.39, 0.29) is 0 Å². The summed E-state index contributed by atoms with van der Waals surface area (Å²) in [5.41, 5.74) is 2.72. The molecule has 5 atom stereocenters. The van der Waals surface area contributed by atoms with Crippen LogP contribution >= 0.6 is 0 Å². The number of hydrogen-bond donors (Lipinski definition) is 1. The van der Waals surface area contributed by atoms with Crippen molar-refractivity contribution in [2.24, 2.45) is 29.1 Å². The van der Waals surface area contributed by atoms with Gasteiger partial charge in [0, 0.05) is 18.1 Å². The van der Waals surface area contributed by atoms with Crippen LogP contribution in [-0.2, 0) is 4.79 Å². The normalized spacial score (nSPS) is 47.4. The summed E-state index contributed by atoms with van der Waals surface area (Å²) in [7, 11) is 0. The summed E-state index contributed by atoms with van der Waals surface area (Å²) < 4.78 is 0. The molecule has 0 aliphatic heterocycles. The lowest BCUT2D eigenvalue weighted by Crippen LogP contribution is -2.47. The van der Waals surface area contributed by atoms with Gasteiger partial charge < -0.3 is 5.41 Å². The van der Waals surface area contributed by atoms with Gasteiger partial charge in [-0.2, -0.15) is 0 Å². The first kappa shape index (κ1) is 12.8. The van der Waals surface area contributed by atoms with Crippen LogP contribution in [0, 0.1) is 34.5 Å². The lowest BCUT2D eigenvalue weighted by Gasteiger charge is -2.54. The number of hydrogen-bond acceptors (Lipinski definition) is 2. The zero-order valence-electron chi connectivity index (χ0n) is 12.5. The lowest BCUT2D eigenvalue weighted by molar-refractivity contribution is -0.124. The van der Waals surface area contributed by atoms with Crippen molar-refractivity contribution in [1.82, 2.24) is 0 Å². The van der Waals surface area contributed by atoms with Crippen LogP contribution < -0.4 is 0 Å². The van der Waals surface area contributed by atoms with Crippen LogP contribution in [0.25, 0.3) is 0 Å². The SMILES string of the molecule is CC12CCC(=N)C=C1CCC1C3CCC(=O)C3CCC12. The Hall–Kier alpha value is -0.920. The van der Waals surface area contributed by atoms with Gasteiger partial charge in [0.05, 0.1) is 0 Å². The largest absolute Gasteiger partial charge is 0.305 e. The Morgan fingerprint density at radius 3 is 2.75 bits per heavy atom. The number of nitrogens with one attached hydrogen (secondary N) is 1. The van der Waals surface area contributed by atoms with E-state index in [9.17, 15) is 4.79 Å². The number of carbonyl (C=O) groups is 1. The minimum Gasteiger partial charge on any atom is -0.305 e. The zero-order valence-corrected chi connectivity index (χ0v) is 12.5. The number of Topliss-reactive ketones (excluding diaryl/α,β-unsaturated/α-hetero) is 1. The molecule has 5 unspecified atom stereocenters. The van der Waals surface area contributed by atoms with Crippen LogP contribution in [0.5, 0.6) is 0 Å². The Morgan fingerprint density at radius 1 is 1.10 bits per heavy atom. The molecule has 108 valence electrons. The van der Waals surface area contributed by atoms with Gasteiger partial charge in [-0.1, -0.05) is 12.5 Å². The third-order valence-corrected chi connectivity index (χ3v) is 7.07. The molecular weight excluding hydrogens is 246 g/mol. The molecule has 4 rings (SSSR count). The lowest BCUT2D eigenvalue weighted by atomic mass is 9.50. The molecule has 0 amide bonds. The molecule has 20 heavy (non-hydrogen) atoms. The summed E-state index contributed by atoms with van der Waals surface area (Å²) in [6, 6.07) is 0. The molecule has 2 nitrogen and oxygen atoms in total. The number of ketones is 1. The molecule has 0 heterocycles. The van der Waals surface area contributed by atoms with Gasteiger partial charge in [-0.05, 0) is 74.2 Å². The van der Waals surface area contributed by atoms with Gasteiger partial charge in [-0.3, -0.25) is 4.79 Å². The molecule has 0 bridgehead atoms. The number of rotatable bonds is 0. The zero-order chi connectivity index (χ0) is 13.9. The van der Waals surface area contributed by atoms with E-state index in [2.05, 4.69) is 13.0 Å². The van der Waals surface area contributed by atoms with E-state index in [1.54, 1.807) is 5.57 Å². The fourth-order valence-electron chi connectivity index (χ4n) is 6.01. The molecule has 4 aliphatic carbocycles. The predicted molar refractivity (Wildman–Crippen MR) is 79.8 cm³/mol. The third kappa shape index (κ3) is 1.63. The topological polar surface area (TPSA) is 40.9 Å². The van der Waals surface area contributed by atoms with Gasteiger partial charge in [-0.25, -0.2) is 0 Å². The summed E-state index contributed by atoms with van der Waals surface area (Å²) in [5, 5.41) is 7.95. The molecule has 3 saturated carbocycles. The summed E-state index contributed by atoms with van der Waals surface area (Å²) in [6.07, 6.45) is 11.2. The third-order valence-electron chi connectivity index (χ3n) is 7.07. The molecule has 1 N–H and O–H groups in total. The quantitative estimate of drug-likeness (QED) is 0.706. The van der Waals surface area contributed by atoms with E-state index < -0.39 is 0 Å². The highest BCUT2D eigenvalue weighted by atomic mass is 16.1. The second kappa shape index (κ2) is 4.29. The van der Waals surface area contributed by atoms with Crippen LogP contribution in [-0.4, -0.2) is 11.5 Å². The summed E-state index contributed by atoms with van der Waals surface area (Å²) in [5.74, 6) is 3.23. The van der Waals surface area contributed by atoms with E-state index in [0.717, 1.165) is 43.2 Å². The van der Waals surface area contributed by atoms with E-state index in [0.29, 0.717) is 23.0 Å². The first-order valence-electron chi connectivity index (χ1n) is 8.41. The molecule has 0 aromatic heterocycles. The van der Waals surface area contributed by atoms with E-state index in [4.69, 9.17) is 5.41 Å². The Labute approximate surface area is 121 Å². The average molecular weight is 271 g/mol. The fraction of sp³-hybridized carbons (Fsp3) is 0.778. The number of fused-ring (bicyclic) bond motifs is 5. The fourth-order valence-corrected chi connectivity index (χ4v) is 6.01. The Morgan fingerprint density at radius 2 is 1.90 bits per heavy atom. The van der Waals surface area contributed by atoms with Crippen LogP contribution in [0.1, 0.15) is 58.3 Å². The molecule has 0 radical (unpaired) electrons. The predicted octanol–water partition coefficient (Wildman–Crippen LogP) is 4.15. The smallest absolute Gasteiger partial charge is 0.136 e. The van der Waals surface area contributed by atoms with Gasteiger partial charge >= 0.3 is 0 Å². The van der Waals surface area contributed by atoms with E-state index >= 15 is 0 Å². The van der Waals surface area contributed by atoms with Crippen molar-refractivity contribution in [3.8, 4) is 0 Å². The van der Waals surface area contributed by atoms with Crippen molar-refractivity contribution < 1.29 is 4.79 Å². The van der Waals surface area contributed by atoms with E-state index in [1.165, 1.54) is 25.7 Å². The maximum absolute atomic E-state index is 12.0. The minimum absolute atomic E-state index is 0.337. The average Bonchev–Trinajstić information content (AvgIpc) is 2.82. The van der Waals surface area contributed by atoms with Crippen molar-refractivity contribution in [2.45, 2.75) is 58.3 Å². The maximum atomic E-state index is 12.0. The van der Waals surface area contributed by atoms with Crippen LogP contribution in [0.15, 0.2) is 11.6 Å².